The highest BCUT2D eigenvalue weighted by Gasteiger charge is 2.30. The Balaban J connectivity index is 1.68. The maximum Gasteiger partial charge on any atom is 0.254 e. The van der Waals surface area contributed by atoms with Crippen LogP contribution in [0.2, 0.25) is 0 Å². The first-order chi connectivity index (χ1) is 12.5. The van der Waals surface area contributed by atoms with Crippen molar-refractivity contribution in [3.05, 3.63) is 11.8 Å². The SMILES string of the molecule is CCOC1CCC(Nc2ncc(C(N)=O)c(NC3(C)CCCC3)n2)CC1. The minimum Gasteiger partial charge on any atom is -0.379 e. The number of carbonyl (C=O) groups is 1. The van der Waals surface area contributed by atoms with Gasteiger partial charge in [0, 0.05) is 24.4 Å². The van der Waals surface area contributed by atoms with Gasteiger partial charge in [0.15, 0.2) is 0 Å². The van der Waals surface area contributed by atoms with E-state index in [9.17, 15) is 4.79 Å². The zero-order chi connectivity index (χ0) is 18.6. The Kier molecular flexibility index (Phi) is 5.96. The quantitative estimate of drug-likeness (QED) is 0.690. The molecule has 0 spiro atoms. The zero-order valence-electron chi connectivity index (χ0n) is 15.9. The molecule has 144 valence electrons. The Bertz CT molecular complexity index is 622. The van der Waals surface area contributed by atoms with Gasteiger partial charge in [-0.2, -0.15) is 4.98 Å². The minimum atomic E-state index is -0.502. The van der Waals surface area contributed by atoms with E-state index in [1.807, 2.05) is 6.92 Å². The van der Waals surface area contributed by atoms with E-state index >= 15 is 0 Å². The third kappa shape index (κ3) is 4.63. The van der Waals surface area contributed by atoms with E-state index in [1.54, 1.807) is 0 Å². The van der Waals surface area contributed by atoms with Crippen molar-refractivity contribution in [1.82, 2.24) is 9.97 Å². The van der Waals surface area contributed by atoms with Crippen molar-refractivity contribution < 1.29 is 9.53 Å². The van der Waals surface area contributed by atoms with Crippen molar-refractivity contribution in [2.24, 2.45) is 5.73 Å². The number of nitrogens with two attached hydrogens (primary N) is 1. The Morgan fingerprint density at radius 2 is 2.00 bits per heavy atom. The van der Waals surface area contributed by atoms with Crippen molar-refractivity contribution >= 4 is 17.7 Å². The number of rotatable bonds is 7. The molecule has 0 aromatic carbocycles. The predicted molar refractivity (Wildman–Crippen MR) is 102 cm³/mol. The van der Waals surface area contributed by atoms with Gasteiger partial charge in [-0.1, -0.05) is 12.8 Å². The van der Waals surface area contributed by atoms with E-state index in [-0.39, 0.29) is 5.54 Å². The summed E-state index contributed by atoms with van der Waals surface area (Å²) in [4.78, 5) is 20.7. The van der Waals surface area contributed by atoms with E-state index in [0.29, 0.717) is 29.5 Å². The highest BCUT2D eigenvalue weighted by Crippen LogP contribution is 2.33. The molecule has 1 aromatic heterocycles. The number of anilines is 2. The molecule has 2 fully saturated rings. The summed E-state index contributed by atoms with van der Waals surface area (Å²) in [6.07, 6.45) is 10.6. The summed E-state index contributed by atoms with van der Waals surface area (Å²) in [7, 11) is 0. The molecule has 0 atom stereocenters. The van der Waals surface area contributed by atoms with Gasteiger partial charge in [-0.3, -0.25) is 4.79 Å². The van der Waals surface area contributed by atoms with Crippen LogP contribution in [0.5, 0.6) is 0 Å². The number of hydrogen-bond acceptors (Lipinski definition) is 6. The Morgan fingerprint density at radius 1 is 1.31 bits per heavy atom. The lowest BCUT2D eigenvalue weighted by Gasteiger charge is -2.29. The lowest BCUT2D eigenvalue weighted by atomic mass is 9.93. The van der Waals surface area contributed by atoms with Gasteiger partial charge in [0.1, 0.15) is 5.82 Å². The molecule has 0 bridgehead atoms. The topological polar surface area (TPSA) is 102 Å². The lowest BCUT2D eigenvalue weighted by molar-refractivity contribution is 0.0346. The van der Waals surface area contributed by atoms with E-state index in [0.717, 1.165) is 45.1 Å². The van der Waals surface area contributed by atoms with Crippen molar-refractivity contribution in [1.29, 1.82) is 0 Å². The summed E-state index contributed by atoms with van der Waals surface area (Å²) in [5.41, 5.74) is 5.83. The molecule has 1 aromatic rings. The van der Waals surface area contributed by atoms with Gasteiger partial charge in [0.2, 0.25) is 5.95 Å². The summed E-state index contributed by atoms with van der Waals surface area (Å²) in [6.45, 7) is 4.99. The van der Waals surface area contributed by atoms with Crippen LogP contribution < -0.4 is 16.4 Å². The van der Waals surface area contributed by atoms with Crippen LogP contribution in [0, 0.1) is 0 Å². The van der Waals surface area contributed by atoms with Crippen LogP contribution in [0.1, 0.15) is 75.6 Å². The number of carbonyl (C=O) groups excluding carboxylic acids is 1. The molecule has 26 heavy (non-hydrogen) atoms. The van der Waals surface area contributed by atoms with Crippen LogP contribution in [0.3, 0.4) is 0 Å². The van der Waals surface area contributed by atoms with Gasteiger partial charge < -0.3 is 21.1 Å². The summed E-state index contributed by atoms with van der Waals surface area (Å²) in [5, 5.41) is 6.87. The Labute approximate surface area is 155 Å². The molecule has 3 rings (SSSR count). The number of amides is 1. The third-order valence-corrected chi connectivity index (χ3v) is 5.59. The number of hydrogen-bond donors (Lipinski definition) is 3. The van der Waals surface area contributed by atoms with Gasteiger partial charge in [-0.05, 0) is 52.4 Å². The lowest BCUT2D eigenvalue weighted by Crippen LogP contribution is -2.34. The largest absolute Gasteiger partial charge is 0.379 e. The number of nitrogens with zero attached hydrogens (tertiary/aromatic N) is 2. The van der Waals surface area contributed by atoms with Crippen LogP contribution in [0.15, 0.2) is 6.20 Å². The number of nitrogens with one attached hydrogen (secondary N) is 2. The molecular formula is C19H31N5O2. The fraction of sp³-hybridized carbons (Fsp3) is 0.737. The summed E-state index contributed by atoms with van der Waals surface area (Å²) in [6, 6.07) is 0.334. The maximum atomic E-state index is 11.8. The highest BCUT2D eigenvalue weighted by atomic mass is 16.5. The summed E-state index contributed by atoms with van der Waals surface area (Å²) >= 11 is 0. The Hall–Kier alpha value is -1.89. The Morgan fingerprint density at radius 3 is 2.62 bits per heavy atom. The third-order valence-electron chi connectivity index (χ3n) is 5.59. The first-order valence-corrected chi connectivity index (χ1v) is 9.82. The molecule has 2 aliphatic rings. The van der Waals surface area contributed by atoms with E-state index in [2.05, 4.69) is 27.5 Å². The molecule has 0 radical (unpaired) electrons. The maximum absolute atomic E-state index is 11.8. The molecule has 2 saturated carbocycles. The second kappa shape index (κ2) is 8.20. The van der Waals surface area contributed by atoms with Crippen molar-refractivity contribution in [3.8, 4) is 0 Å². The molecule has 0 aliphatic heterocycles. The first-order valence-electron chi connectivity index (χ1n) is 9.82. The predicted octanol–water partition coefficient (Wildman–Crippen LogP) is 3.08. The molecule has 2 aliphatic carbocycles. The van der Waals surface area contributed by atoms with Gasteiger partial charge in [0.05, 0.1) is 11.7 Å². The zero-order valence-corrected chi connectivity index (χ0v) is 15.9. The highest BCUT2D eigenvalue weighted by molar-refractivity contribution is 5.97. The number of primary amides is 1. The van der Waals surface area contributed by atoms with Crippen molar-refractivity contribution in [2.45, 2.75) is 82.9 Å². The smallest absolute Gasteiger partial charge is 0.254 e. The molecule has 7 heteroatoms. The second-order valence-electron chi connectivity index (χ2n) is 7.79. The van der Waals surface area contributed by atoms with Gasteiger partial charge in [0.25, 0.3) is 5.91 Å². The standard InChI is InChI=1S/C19H31N5O2/c1-3-26-14-8-6-13(7-9-14)22-18-21-12-15(16(20)25)17(23-18)24-19(2)10-4-5-11-19/h12-14H,3-11H2,1-2H3,(H2,20,25)(H2,21,22,23,24). The van der Waals surface area contributed by atoms with Crippen LogP contribution in [-0.4, -0.2) is 40.2 Å². The van der Waals surface area contributed by atoms with E-state index in [1.165, 1.54) is 19.0 Å². The van der Waals surface area contributed by atoms with Crippen LogP contribution >= 0.6 is 0 Å². The monoisotopic (exact) mass is 361 g/mol. The summed E-state index contributed by atoms with van der Waals surface area (Å²) in [5.74, 6) is 0.597. The fourth-order valence-corrected chi connectivity index (χ4v) is 4.09. The van der Waals surface area contributed by atoms with Gasteiger partial charge >= 0.3 is 0 Å². The average molecular weight is 361 g/mol. The van der Waals surface area contributed by atoms with Crippen molar-refractivity contribution in [2.75, 3.05) is 17.2 Å². The minimum absolute atomic E-state index is 0.0363. The van der Waals surface area contributed by atoms with Crippen molar-refractivity contribution in [3.63, 3.8) is 0 Å². The molecule has 0 saturated heterocycles. The normalized spacial score (nSPS) is 25.0. The summed E-state index contributed by atoms with van der Waals surface area (Å²) < 4.78 is 5.71. The van der Waals surface area contributed by atoms with Crippen LogP contribution in [0.25, 0.3) is 0 Å². The van der Waals surface area contributed by atoms with E-state index in [4.69, 9.17) is 10.5 Å². The van der Waals surface area contributed by atoms with Gasteiger partial charge in [-0.15, -0.1) is 0 Å². The van der Waals surface area contributed by atoms with Gasteiger partial charge in [-0.25, -0.2) is 4.98 Å². The number of ether oxygens (including phenoxy) is 1. The second-order valence-corrected chi connectivity index (χ2v) is 7.79. The molecule has 4 N–H and O–H groups in total. The molecular weight excluding hydrogens is 330 g/mol. The number of aromatic nitrogens is 2. The average Bonchev–Trinajstić information content (AvgIpc) is 3.03. The fourth-order valence-electron chi connectivity index (χ4n) is 4.09. The first kappa shape index (κ1) is 18.9. The molecule has 1 heterocycles. The van der Waals surface area contributed by atoms with E-state index < -0.39 is 5.91 Å². The van der Waals surface area contributed by atoms with Crippen LogP contribution in [-0.2, 0) is 4.74 Å². The molecule has 7 nitrogen and oxygen atoms in total. The molecule has 0 unspecified atom stereocenters. The molecule has 1 amide bonds. The van der Waals surface area contributed by atoms with Crippen LogP contribution in [0.4, 0.5) is 11.8 Å².